The molecule has 0 radical (unpaired) electrons. The van der Waals surface area contributed by atoms with Crippen molar-refractivity contribution in [2.75, 3.05) is 0 Å². The maximum Gasteiger partial charge on any atom is 0.160 e. The standard InChI is InChI=1S/C64H42N4/c1-6-21-43(22-7-1)57-42-58(66-63(65-57)49-37-38-54-53-35-18-19-36-55(53)64(56(54)40-49,50-30-12-4-13-31-50)51-32-14-5-15-33-51)47-28-20-29-48(39-47)61-60(45-25-10-3-11-26-45)62-52-34-17-16-27-46(52)41-59(68(62)67-61)44-23-8-2-9-24-44/h1-42H. The summed E-state index contributed by atoms with van der Waals surface area (Å²) in [5.74, 6) is 0.664. The molecular formula is C64H42N4. The lowest BCUT2D eigenvalue weighted by molar-refractivity contribution is 0.768. The van der Waals surface area contributed by atoms with Gasteiger partial charge in [0, 0.05) is 38.8 Å². The molecule has 1 aliphatic rings. The molecule has 0 fully saturated rings. The Morgan fingerprint density at radius 2 is 0.897 bits per heavy atom. The topological polar surface area (TPSA) is 43.1 Å². The number of rotatable bonds is 8. The predicted molar refractivity (Wildman–Crippen MR) is 278 cm³/mol. The number of fused-ring (bicyclic) bond motifs is 6. The summed E-state index contributed by atoms with van der Waals surface area (Å²) in [6, 6.07) is 90.9. The highest BCUT2D eigenvalue weighted by Gasteiger charge is 2.46. The van der Waals surface area contributed by atoms with Crippen molar-refractivity contribution in [2.24, 2.45) is 0 Å². The molecule has 4 heteroatoms. The highest BCUT2D eigenvalue weighted by atomic mass is 15.2. The average Bonchev–Trinajstić information content (AvgIpc) is 3.97. The molecule has 318 valence electrons. The van der Waals surface area contributed by atoms with Gasteiger partial charge in [-0.1, -0.05) is 231 Å². The molecule has 0 unspecified atom stereocenters. The van der Waals surface area contributed by atoms with Gasteiger partial charge in [-0.25, -0.2) is 14.5 Å². The van der Waals surface area contributed by atoms with Gasteiger partial charge in [0.25, 0.3) is 0 Å². The monoisotopic (exact) mass is 866 g/mol. The van der Waals surface area contributed by atoms with Gasteiger partial charge in [-0.3, -0.25) is 0 Å². The fourth-order valence-corrected chi connectivity index (χ4v) is 10.7. The molecule has 1 aliphatic carbocycles. The van der Waals surface area contributed by atoms with Crippen molar-refractivity contribution in [3.63, 3.8) is 0 Å². The quantitative estimate of drug-likeness (QED) is 0.153. The number of pyridine rings is 1. The molecule has 0 bridgehead atoms. The molecule has 3 aromatic heterocycles. The predicted octanol–water partition coefficient (Wildman–Crippen LogP) is 15.6. The van der Waals surface area contributed by atoms with Gasteiger partial charge in [0.05, 0.1) is 28.0 Å². The van der Waals surface area contributed by atoms with E-state index < -0.39 is 5.41 Å². The van der Waals surface area contributed by atoms with Crippen molar-refractivity contribution in [3.8, 4) is 78.7 Å². The second kappa shape index (κ2) is 16.2. The first-order valence-corrected chi connectivity index (χ1v) is 23.2. The van der Waals surface area contributed by atoms with Crippen LogP contribution in [0.5, 0.6) is 0 Å². The fraction of sp³-hybridized carbons (Fsp3) is 0.0156. The summed E-state index contributed by atoms with van der Waals surface area (Å²) in [6.45, 7) is 0. The van der Waals surface area contributed by atoms with E-state index in [0.29, 0.717) is 5.82 Å². The molecule has 4 nitrogen and oxygen atoms in total. The van der Waals surface area contributed by atoms with Crippen LogP contribution in [0.3, 0.4) is 0 Å². The molecule has 68 heavy (non-hydrogen) atoms. The van der Waals surface area contributed by atoms with Crippen molar-refractivity contribution < 1.29 is 0 Å². The summed E-state index contributed by atoms with van der Waals surface area (Å²) in [5, 5.41) is 7.86. The van der Waals surface area contributed by atoms with Gasteiger partial charge < -0.3 is 0 Å². The number of benzene rings is 9. The minimum Gasteiger partial charge on any atom is -0.231 e. The van der Waals surface area contributed by atoms with Crippen LogP contribution in [-0.2, 0) is 5.41 Å². The first kappa shape index (κ1) is 39.4. The van der Waals surface area contributed by atoms with Crippen LogP contribution < -0.4 is 0 Å². The Labute approximate surface area is 395 Å². The minimum atomic E-state index is -0.547. The Bertz CT molecular complexity index is 3790. The van der Waals surface area contributed by atoms with Gasteiger partial charge >= 0.3 is 0 Å². The summed E-state index contributed by atoms with van der Waals surface area (Å²) >= 11 is 0. The van der Waals surface area contributed by atoms with Crippen molar-refractivity contribution in [1.82, 2.24) is 19.6 Å². The molecule has 3 heterocycles. The molecule has 0 N–H and O–H groups in total. The van der Waals surface area contributed by atoms with Crippen LogP contribution in [0, 0.1) is 0 Å². The SMILES string of the molecule is c1ccc(-c2cc(-c3cccc(-c4nn5c(-c6ccccc6)cc6ccccc6c5c4-c4ccccc4)c3)nc(-c3ccc4c(c3)C(c3ccccc3)(c3ccccc3)c3ccccc3-4)n2)cc1. The lowest BCUT2D eigenvalue weighted by Crippen LogP contribution is -2.28. The molecule has 0 saturated heterocycles. The molecule has 9 aromatic carbocycles. The molecule has 0 saturated carbocycles. The Balaban J connectivity index is 1.02. The molecule has 0 atom stereocenters. The van der Waals surface area contributed by atoms with Crippen LogP contribution >= 0.6 is 0 Å². The van der Waals surface area contributed by atoms with Gasteiger partial charge in [0.15, 0.2) is 5.82 Å². The van der Waals surface area contributed by atoms with Crippen molar-refractivity contribution in [1.29, 1.82) is 0 Å². The third kappa shape index (κ3) is 6.34. The first-order valence-electron chi connectivity index (χ1n) is 23.2. The third-order valence-corrected chi connectivity index (χ3v) is 13.7. The second-order valence-corrected chi connectivity index (χ2v) is 17.5. The van der Waals surface area contributed by atoms with Crippen LogP contribution in [0.15, 0.2) is 255 Å². The minimum absolute atomic E-state index is 0.547. The zero-order chi connectivity index (χ0) is 45.0. The van der Waals surface area contributed by atoms with Gasteiger partial charge in [-0.05, 0) is 68.6 Å². The maximum atomic E-state index is 5.55. The van der Waals surface area contributed by atoms with Crippen molar-refractivity contribution in [3.05, 3.63) is 277 Å². The molecule has 0 aliphatic heterocycles. The number of hydrogen-bond donors (Lipinski definition) is 0. The van der Waals surface area contributed by atoms with E-state index in [1.165, 1.54) is 38.8 Å². The Hall–Kier alpha value is -8.99. The van der Waals surface area contributed by atoms with Crippen LogP contribution in [0.2, 0.25) is 0 Å². The Morgan fingerprint density at radius 1 is 0.353 bits per heavy atom. The van der Waals surface area contributed by atoms with E-state index in [1.807, 2.05) is 6.07 Å². The van der Waals surface area contributed by atoms with Crippen LogP contribution in [0.1, 0.15) is 22.3 Å². The average molecular weight is 867 g/mol. The van der Waals surface area contributed by atoms with Crippen LogP contribution in [0.25, 0.3) is 95.0 Å². The van der Waals surface area contributed by atoms with Gasteiger partial charge in [0.2, 0.25) is 0 Å². The van der Waals surface area contributed by atoms with Crippen LogP contribution in [-0.4, -0.2) is 19.6 Å². The van der Waals surface area contributed by atoms with Crippen molar-refractivity contribution in [2.45, 2.75) is 5.41 Å². The summed E-state index contributed by atoms with van der Waals surface area (Å²) in [6.07, 6.45) is 0. The lowest BCUT2D eigenvalue weighted by Gasteiger charge is -2.34. The van der Waals surface area contributed by atoms with Crippen molar-refractivity contribution >= 4 is 16.3 Å². The number of aromatic nitrogens is 4. The molecule has 13 rings (SSSR count). The van der Waals surface area contributed by atoms with Gasteiger partial charge in [-0.2, -0.15) is 5.10 Å². The smallest absolute Gasteiger partial charge is 0.160 e. The highest BCUT2D eigenvalue weighted by molar-refractivity contribution is 6.08. The largest absolute Gasteiger partial charge is 0.231 e. The van der Waals surface area contributed by atoms with E-state index in [1.54, 1.807) is 0 Å². The van der Waals surface area contributed by atoms with Crippen LogP contribution in [0.4, 0.5) is 0 Å². The van der Waals surface area contributed by atoms with Gasteiger partial charge in [-0.15, -0.1) is 0 Å². The summed E-state index contributed by atoms with van der Waals surface area (Å²) in [7, 11) is 0. The zero-order valence-corrected chi connectivity index (χ0v) is 37.0. The van der Waals surface area contributed by atoms with E-state index in [0.717, 1.165) is 72.6 Å². The lowest BCUT2D eigenvalue weighted by atomic mass is 9.67. The summed E-state index contributed by atoms with van der Waals surface area (Å²) < 4.78 is 2.15. The van der Waals surface area contributed by atoms with E-state index in [4.69, 9.17) is 15.1 Å². The van der Waals surface area contributed by atoms with E-state index >= 15 is 0 Å². The highest BCUT2D eigenvalue weighted by Crippen LogP contribution is 2.56. The summed E-state index contributed by atoms with van der Waals surface area (Å²) in [4.78, 5) is 10.9. The molecular weight excluding hydrogens is 825 g/mol. The first-order chi connectivity index (χ1) is 33.7. The Morgan fingerprint density at radius 3 is 1.60 bits per heavy atom. The van der Waals surface area contributed by atoms with E-state index in [-0.39, 0.29) is 0 Å². The van der Waals surface area contributed by atoms with Gasteiger partial charge in [0.1, 0.15) is 5.69 Å². The molecule has 12 aromatic rings. The zero-order valence-electron chi connectivity index (χ0n) is 37.0. The maximum absolute atomic E-state index is 5.55. The number of hydrogen-bond acceptors (Lipinski definition) is 3. The molecule has 0 amide bonds. The summed E-state index contributed by atoms with van der Waals surface area (Å²) in [5.41, 5.74) is 18.8. The Kier molecular flexibility index (Phi) is 9.36. The van der Waals surface area contributed by atoms with E-state index in [9.17, 15) is 0 Å². The third-order valence-electron chi connectivity index (χ3n) is 13.7. The second-order valence-electron chi connectivity index (χ2n) is 17.5. The normalized spacial score (nSPS) is 12.5. The van der Waals surface area contributed by atoms with E-state index in [2.05, 4.69) is 253 Å². The fourth-order valence-electron chi connectivity index (χ4n) is 10.7. The molecule has 0 spiro atoms. The number of nitrogens with zero attached hydrogens (tertiary/aromatic N) is 4.